The number of nitrogens with zero attached hydrogens (tertiary/aromatic N) is 4. The molecule has 0 unspecified atom stereocenters. The summed E-state index contributed by atoms with van der Waals surface area (Å²) in [5, 5.41) is 7.72. The molecule has 0 spiro atoms. The first kappa shape index (κ1) is 38.6. The van der Waals surface area contributed by atoms with E-state index in [0.29, 0.717) is 12.5 Å². The first-order valence-corrected chi connectivity index (χ1v) is 21.2. The maximum atomic E-state index is 13.6. The number of likely N-dealkylation sites (tertiary alicyclic amines) is 2. The molecule has 6 atom stereocenters. The summed E-state index contributed by atoms with van der Waals surface area (Å²) in [6.45, 7) is 6.11. The topological polar surface area (TPSA) is 175 Å². The Morgan fingerprint density at radius 2 is 1.51 bits per heavy atom. The number of carbonyl (C=O) groups excluding carboxylic acids is 4. The van der Waals surface area contributed by atoms with Crippen molar-refractivity contribution < 1.29 is 28.7 Å². The van der Waals surface area contributed by atoms with Crippen LogP contribution in [0.3, 0.4) is 0 Å². The highest BCUT2D eigenvalue weighted by molar-refractivity contribution is 7.25. The lowest BCUT2D eigenvalue weighted by Crippen LogP contribution is -2.51. The van der Waals surface area contributed by atoms with Crippen LogP contribution in [0, 0.1) is 11.8 Å². The van der Waals surface area contributed by atoms with Crippen LogP contribution in [0.5, 0.6) is 0 Å². The van der Waals surface area contributed by atoms with E-state index in [2.05, 4.69) is 69.1 Å². The monoisotopic (exact) mass is 816 g/mol. The van der Waals surface area contributed by atoms with E-state index in [1.165, 1.54) is 29.7 Å². The number of imidazole rings is 2. The molecule has 6 aromatic rings. The predicted molar refractivity (Wildman–Crippen MR) is 226 cm³/mol. The molecule has 3 aliphatic rings. The van der Waals surface area contributed by atoms with Gasteiger partial charge >= 0.3 is 12.2 Å². The van der Waals surface area contributed by atoms with Crippen LogP contribution < -0.4 is 10.6 Å². The van der Waals surface area contributed by atoms with E-state index >= 15 is 0 Å². The van der Waals surface area contributed by atoms with Gasteiger partial charge in [-0.1, -0.05) is 44.2 Å². The fourth-order valence-corrected chi connectivity index (χ4v) is 10.7. The molecule has 3 fully saturated rings. The lowest BCUT2D eigenvalue weighted by atomic mass is 9.97. The maximum absolute atomic E-state index is 13.6. The molecule has 3 aromatic carbocycles. The molecule has 306 valence electrons. The fraction of sp³-hybridized carbons (Fsp3) is 0.409. The second kappa shape index (κ2) is 15.3. The first-order valence-electron chi connectivity index (χ1n) is 20.3. The van der Waals surface area contributed by atoms with Gasteiger partial charge in [-0.15, -0.1) is 11.3 Å². The van der Waals surface area contributed by atoms with Crippen LogP contribution in [0.25, 0.3) is 53.6 Å². The van der Waals surface area contributed by atoms with E-state index in [-0.39, 0.29) is 35.9 Å². The summed E-state index contributed by atoms with van der Waals surface area (Å²) in [5.41, 5.74) is 5.81. The lowest BCUT2D eigenvalue weighted by molar-refractivity contribution is -0.137. The number of aromatic amines is 2. The number of fused-ring (bicyclic) bond motifs is 6. The first-order chi connectivity index (χ1) is 28.5. The number of alkyl carbamates (subject to hydrolysis) is 2. The zero-order valence-corrected chi connectivity index (χ0v) is 34.5. The smallest absolute Gasteiger partial charge is 0.407 e. The Bertz CT molecular complexity index is 2610. The van der Waals surface area contributed by atoms with Crippen molar-refractivity contribution >= 4 is 66.5 Å². The second-order valence-electron chi connectivity index (χ2n) is 16.4. The largest absolute Gasteiger partial charge is 0.453 e. The highest BCUT2D eigenvalue weighted by Gasteiger charge is 2.51. The van der Waals surface area contributed by atoms with Gasteiger partial charge in [-0.05, 0) is 86.3 Å². The number of carbonyl (C=O) groups is 4. The Kier molecular flexibility index (Phi) is 10.0. The molecule has 15 heteroatoms. The molecule has 59 heavy (non-hydrogen) atoms. The Balaban J connectivity index is 0.946. The van der Waals surface area contributed by atoms with Crippen molar-refractivity contribution in [3.8, 4) is 22.4 Å². The minimum atomic E-state index is -0.705. The molecule has 0 radical (unpaired) electrons. The molecule has 2 aliphatic heterocycles. The number of benzene rings is 3. The number of H-pyrrole nitrogens is 2. The van der Waals surface area contributed by atoms with Gasteiger partial charge in [0.15, 0.2) is 0 Å². The van der Waals surface area contributed by atoms with Crippen molar-refractivity contribution in [1.29, 1.82) is 0 Å². The number of methoxy groups -OCH3 is 2. The Labute approximate surface area is 345 Å². The number of nitrogens with one attached hydrogen (secondary N) is 4. The van der Waals surface area contributed by atoms with E-state index in [1.807, 2.05) is 35.9 Å². The highest BCUT2D eigenvalue weighted by Crippen LogP contribution is 2.50. The predicted octanol–water partition coefficient (Wildman–Crippen LogP) is 7.83. The molecule has 2 saturated heterocycles. The summed E-state index contributed by atoms with van der Waals surface area (Å²) in [5.74, 6) is 1.47. The van der Waals surface area contributed by atoms with Crippen molar-refractivity contribution in [1.82, 2.24) is 40.4 Å². The molecule has 4 N–H and O–H groups in total. The summed E-state index contributed by atoms with van der Waals surface area (Å²) in [6.07, 6.45) is 5.15. The van der Waals surface area contributed by atoms with E-state index in [4.69, 9.17) is 19.4 Å². The van der Waals surface area contributed by atoms with E-state index in [1.54, 1.807) is 18.3 Å². The van der Waals surface area contributed by atoms with Crippen LogP contribution >= 0.6 is 11.3 Å². The van der Waals surface area contributed by atoms with Crippen LogP contribution in [0.4, 0.5) is 9.59 Å². The summed E-state index contributed by atoms with van der Waals surface area (Å²) >= 11 is 1.75. The van der Waals surface area contributed by atoms with Gasteiger partial charge in [0, 0.05) is 38.3 Å². The van der Waals surface area contributed by atoms with Crippen molar-refractivity contribution in [3.63, 3.8) is 0 Å². The SMILES string of the molecule is COC(=O)N[C@@H](C)C(=O)N1[C@@H]2CC[C@@H](C2)[C@H]1c1nc2ccc(-c3ccc4c(c3)sc3cc(-c5cnc([C@@H]6CCCN6C(=O)[C@@H](NC(=O)OC)C(C)C)[nH]5)ccc34)cc2[nH]1. The van der Waals surface area contributed by atoms with Crippen LogP contribution in [-0.2, 0) is 19.1 Å². The minimum Gasteiger partial charge on any atom is -0.453 e. The molecule has 5 heterocycles. The quantitative estimate of drug-likeness (QED) is 0.114. The molecule has 4 amide bonds. The second-order valence-corrected chi connectivity index (χ2v) is 17.5. The van der Waals surface area contributed by atoms with Crippen molar-refractivity contribution in [2.75, 3.05) is 20.8 Å². The number of ether oxygens (including phenoxy) is 2. The number of hydrogen-bond acceptors (Lipinski definition) is 9. The third-order valence-electron chi connectivity index (χ3n) is 12.5. The number of piperidine rings is 1. The van der Waals surface area contributed by atoms with Crippen LogP contribution in [0.15, 0.2) is 60.8 Å². The summed E-state index contributed by atoms with van der Waals surface area (Å²) in [7, 11) is 2.59. The van der Waals surface area contributed by atoms with Gasteiger partial charge in [-0.2, -0.15) is 0 Å². The van der Waals surface area contributed by atoms with Gasteiger partial charge in [0.05, 0.1) is 49.2 Å². The molecule has 1 aliphatic carbocycles. The van der Waals surface area contributed by atoms with Gasteiger partial charge in [0.2, 0.25) is 11.8 Å². The normalized spacial score (nSPS) is 21.1. The summed E-state index contributed by atoms with van der Waals surface area (Å²) < 4.78 is 11.9. The highest BCUT2D eigenvalue weighted by atomic mass is 32.1. The molecule has 2 bridgehead atoms. The average molecular weight is 817 g/mol. The molecule has 9 rings (SSSR count). The average Bonchev–Trinajstić information content (AvgIpc) is 4.10. The summed E-state index contributed by atoms with van der Waals surface area (Å²) in [6, 6.07) is 17.7. The standard InChI is InChI=1S/C44H48N8O6S/c1-22(2)37(50-44(56)58-5)42(54)51-16-6-7-34(51)39-45-21-33(49-39)26-10-14-30-29-13-9-25(19-35(29)59-36(30)20-26)24-11-15-31-32(18-24)48-40(47-31)38-27-8-12-28(17-27)52(38)41(53)23(3)46-43(55)57-4/h9-11,13-15,18-23,27-28,34,37-38H,6-8,12,16-17H2,1-5H3,(H,45,49)(H,46,55)(H,47,48)(H,50,56)/t23-,27-,28+,34-,37-,38-/m0/s1. The van der Waals surface area contributed by atoms with E-state index < -0.39 is 24.3 Å². The molecular weight excluding hydrogens is 769 g/mol. The zero-order chi connectivity index (χ0) is 41.1. The van der Waals surface area contributed by atoms with E-state index in [0.717, 1.165) is 81.9 Å². The Morgan fingerprint density at radius 1 is 0.814 bits per heavy atom. The lowest BCUT2D eigenvalue weighted by Gasteiger charge is -2.35. The van der Waals surface area contributed by atoms with Crippen molar-refractivity contribution in [3.05, 3.63) is 72.4 Å². The number of amides is 4. The molecule has 1 saturated carbocycles. The third-order valence-corrected chi connectivity index (χ3v) is 13.6. The fourth-order valence-electron chi connectivity index (χ4n) is 9.50. The number of thiophene rings is 1. The van der Waals surface area contributed by atoms with Gasteiger partial charge < -0.3 is 39.9 Å². The van der Waals surface area contributed by atoms with Gasteiger partial charge in [-0.25, -0.2) is 19.6 Å². The zero-order valence-electron chi connectivity index (χ0n) is 33.7. The number of hydrogen-bond donors (Lipinski definition) is 4. The number of aromatic nitrogens is 4. The van der Waals surface area contributed by atoms with Crippen LogP contribution in [0.1, 0.15) is 76.6 Å². The van der Waals surface area contributed by atoms with Gasteiger partial charge in [0.25, 0.3) is 0 Å². The molecular formula is C44H48N8O6S. The summed E-state index contributed by atoms with van der Waals surface area (Å²) in [4.78, 5) is 71.7. The minimum absolute atomic E-state index is 0.106. The maximum Gasteiger partial charge on any atom is 0.407 e. The van der Waals surface area contributed by atoms with Crippen LogP contribution in [-0.4, -0.2) is 92.6 Å². The third kappa shape index (κ3) is 6.94. The Hall–Kier alpha value is -5.96. The van der Waals surface area contributed by atoms with Gasteiger partial charge in [0.1, 0.15) is 23.7 Å². The van der Waals surface area contributed by atoms with Crippen LogP contribution in [0.2, 0.25) is 0 Å². The van der Waals surface area contributed by atoms with Crippen molar-refractivity contribution in [2.45, 2.75) is 83.1 Å². The number of rotatable bonds is 9. The Morgan fingerprint density at radius 3 is 2.25 bits per heavy atom. The van der Waals surface area contributed by atoms with E-state index in [9.17, 15) is 19.2 Å². The molecule has 3 aromatic heterocycles. The van der Waals surface area contributed by atoms with Gasteiger partial charge in [-0.3, -0.25) is 9.59 Å². The molecule has 14 nitrogen and oxygen atoms in total. The van der Waals surface area contributed by atoms with Crippen molar-refractivity contribution in [2.24, 2.45) is 11.8 Å².